The molecule has 140 valence electrons. The zero-order chi connectivity index (χ0) is 19.5. The summed E-state index contributed by atoms with van der Waals surface area (Å²) in [5.41, 5.74) is -1.41. The molecule has 0 bridgehead atoms. The van der Waals surface area contributed by atoms with Gasteiger partial charge in [0.25, 0.3) is 0 Å². The first-order valence-corrected chi connectivity index (χ1v) is 7.12. The Morgan fingerprint density at radius 3 is 2.12 bits per heavy atom. The molecule has 26 heavy (non-hydrogen) atoms. The van der Waals surface area contributed by atoms with Gasteiger partial charge < -0.3 is 15.4 Å². The molecule has 2 aromatic carbocycles. The van der Waals surface area contributed by atoms with Gasteiger partial charge in [-0.15, -0.1) is 13.2 Å². The van der Waals surface area contributed by atoms with E-state index < -0.39 is 34.9 Å². The first kappa shape index (κ1) is 19.7. The number of carbonyl (C=O) groups excluding carboxylic acids is 1. The molecular formula is C15H9ClF6N2O2. The second-order valence-electron chi connectivity index (χ2n) is 4.85. The first-order valence-electron chi connectivity index (χ1n) is 6.74. The van der Waals surface area contributed by atoms with E-state index in [4.69, 9.17) is 11.6 Å². The molecule has 2 rings (SSSR count). The summed E-state index contributed by atoms with van der Waals surface area (Å²) >= 11 is 5.46. The number of hydrogen-bond donors (Lipinski definition) is 2. The number of benzene rings is 2. The van der Waals surface area contributed by atoms with Gasteiger partial charge in [0.15, 0.2) is 0 Å². The Balaban J connectivity index is 2.09. The average Bonchev–Trinajstić information content (AvgIpc) is 2.46. The maximum Gasteiger partial charge on any atom is 0.573 e. The summed E-state index contributed by atoms with van der Waals surface area (Å²) in [5, 5.41) is 3.76. The highest BCUT2D eigenvalue weighted by molar-refractivity contribution is 6.31. The van der Waals surface area contributed by atoms with Crippen molar-refractivity contribution in [3.63, 3.8) is 0 Å². The van der Waals surface area contributed by atoms with Crippen LogP contribution in [-0.4, -0.2) is 12.4 Å². The number of rotatable bonds is 3. The van der Waals surface area contributed by atoms with Gasteiger partial charge in [-0.05, 0) is 30.3 Å². The van der Waals surface area contributed by atoms with Crippen LogP contribution in [0.4, 0.5) is 42.5 Å². The fraction of sp³-hybridized carbons (Fsp3) is 0.133. The predicted octanol–water partition coefficient (Wildman–Crippen LogP) is 5.90. The third-order valence-corrected chi connectivity index (χ3v) is 3.18. The van der Waals surface area contributed by atoms with Crippen LogP contribution in [0, 0.1) is 0 Å². The van der Waals surface area contributed by atoms with Crippen molar-refractivity contribution in [2.24, 2.45) is 0 Å². The van der Waals surface area contributed by atoms with Crippen molar-refractivity contribution in [1.82, 2.24) is 0 Å². The van der Waals surface area contributed by atoms with E-state index >= 15 is 0 Å². The van der Waals surface area contributed by atoms with Gasteiger partial charge >= 0.3 is 18.6 Å². The summed E-state index contributed by atoms with van der Waals surface area (Å²) in [6, 6.07) is 6.14. The molecule has 4 nitrogen and oxygen atoms in total. The van der Waals surface area contributed by atoms with E-state index in [-0.39, 0.29) is 11.4 Å². The minimum Gasteiger partial charge on any atom is -0.406 e. The molecule has 0 aliphatic carbocycles. The molecule has 0 unspecified atom stereocenters. The number of hydrogen-bond acceptors (Lipinski definition) is 2. The maximum absolute atomic E-state index is 12.8. The highest BCUT2D eigenvalue weighted by Crippen LogP contribution is 2.36. The standard InChI is InChI=1S/C15H9ClF6N2O2/c16-12-5-4-9(7-11(12)14(17,18)19)24-13(25)23-8-2-1-3-10(6-8)26-15(20,21)22/h1-7H,(H2,23,24,25). The first-order chi connectivity index (χ1) is 11.9. The molecule has 0 saturated heterocycles. The van der Waals surface area contributed by atoms with Gasteiger partial charge in [0, 0.05) is 17.4 Å². The molecule has 0 saturated carbocycles. The van der Waals surface area contributed by atoms with E-state index in [1.54, 1.807) is 0 Å². The molecule has 0 aliphatic rings. The van der Waals surface area contributed by atoms with Gasteiger partial charge in [-0.2, -0.15) is 13.2 Å². The Labute approximate surface area is 147 Å². The van der Waals surface area contributed by atoms with Crippen molar-refractivity contribution < 1.29 is 35.9 Å². The lowest BCUT2D eigenvalue weighted by atomic mass is 10.2. The summed E-state index contributed by atoms with van der Waals surface area (Å²) < 4.78 is 78.5. The molecular weight excluding hydrogens is 390 g/mol. The summed E-state index contributed by atoms with van der Waals surface area (Å²) in [5.74, 6) is -0.568. The molecule has 2 N–H and O–H groups in total. The number of alkyl halides is 6. The fourth-order valence-corrected chi connectivity index (χ4v) is 2.11. The minimum absolute atomic E-state index is 0.0609. The summed E-state index contributed by atoms with van der Waals surface area (Å²) in [6.45, 7) is 0. The minimum atomic E-state index is -4.90. The largest absolute Gasteiger partial charge is 0.573 e. The predicted molar refractivity (Wildman–Crippen MR) is 82.2 cm³/mol. The van der Waals surface area contributed by atoms with Gasteiger partial charge in [-0.3, -0.25) is 0 Å². The Morgan fingerprint density at radius 1 is 0.923 bits per heavy atom. The third kappa shape index (κ3) is 5.73. The summed E-state index contributed by atoms with van der Waals surface area (Å²) in [6.07, 6.45) is -9.62. The van der Waals surface area contributed by atoms with Crippen LogP contribution in [0.3, 0.4) is 0 Å². The van der Waals surface area contributed by atoms with E-state index in [2.05, 4.69) is 15.4 Å². The van der Waals surface area contributed by atoms with E-state index in [0.717, 1.165) is 24.3 Å². The molecule has 0 atom stereocenters. The number of anilines is 2. The number of halogens is 7. The smallest absolute Gasteiger partial charge is 0.406 e. The van der Waals surface area contributed by atoms with Crippen LogP contribution >= 0.6 is 11.6 Å². The quantitative estimate of drug-likeness (QED) is 0.632. The topological polar surface area (TPSA) is 50.4 Å². The van der Waals surface area contributed by atoms with Gasteiger partial charge in [0.05, 0.1) is 10.6 Å². The van der Waals surface area contributed by atoms with Crippen molar-refractivity contribution in [2.75, 3.05) is 10.6 Å². The van der Waals surface area contributed by atoms with Crippen LogP contribution < -0.4 is 15.4 Å². The fourth-order valence-electron chi connectivity index (χ4n) is 1.88. The van der Waals surface area contributed by atoms with E-state index in [1.807, 2.05) is 0 Å². The second kappa shape index (κ2) is 7.32. The normalized spacial score (nSPS) is 11.8. The monoisotopic (exact) mass is 398 g/mol. The lowest BCUT2D eigenvalue weighted by molar-refractivity contribution is -0.274. The van der Waals surface area contributed by atoms with Gasteiger partial charge in [-0.1, -0.05) is 17.7 Å². The number of amides is 2. The van der Waals surface area contributed by atoms with Crippen LogP contribution in [0.5, 0.6) is 5.75 Å². The number of ether oxygens (including phenoxy) is 1. The van der Waals surface area contributed by atoms with Crippen molar-refractivity contribution in [1.29, 1.82) is 0 Å². The molecule has 0 heterocycles. The number of carbonyl (C=O) groups is 1. The number of urea groups is 1. The van der Waals surface area contributed by atoms with E-state index in [9.17, 15) is 31.1 Å². The maximum atomic E-state index is 12.8. The summed E-state index contributed by atoms with van der Waals surface area (Å²) in [7, 11) is 0. The Kier molecular flexibility index (Phi) is 5.55. The van der Waals surface area contributed by atoms with Crippen LogP contribution in [0.1, 0.15) is 5.56 Å². The van der Waals surface area contributed by atoms with Crippen LogP contribution in [-0.2, 0) is 6.18 Å². The van der Waals surface area contributed by atoms with Gasteiger partial charge in [0.1, 0.15) is 5.75 Å². The van der Waals surface area contributed by atoms with Crippen LogP contribution in [0.25, 0.3) is 0 Å². The van der Waals surface area contributed by atoms with Gasteiger partial charge in [0.2, 0.25) is 0 Å². The molecule has 2 amide bonds. The van der Waals surface area contributed by atoms with Crippen molar-refractivity contribution in [3.8, 4) is 5.75 Å². The Morgan fingerprint density at radius 2 is 1.54 bits per heavy atom. The van der Waals surface area contributed by atoms with Crippen molar-refractivity contribution >= 4 is 29.0 Å². The Bertz CT molecular complexity index is 807. The molecule has 0 radical (unpaired) electrons. The second-order valence-corrected chi connectivity index (χ2v) is 5.25. The molecule has 2 aromatic rings. The van der Waals surface area contributed by atoms with E-state index in [0.29, 0.717) is 6.07 Å². The lowest BCUT2D eigenvalue weighted by Crippen LogP contribution is -2.20. The van der Waals surface area contributed by atoms with Crippen molar-refractivity contribution in [2.45, 2.75) is 12.5 Å². The molecule has 0 fully saturated rings. The third-order valence-electron chi connectivity index (χ3n) is 2.86. The molecule has 0 aliphatic heterocycles. The van der Waals surface area contributed by atoms with Crippen molar-refractivity contribution in [3.05, 3.63) is 53.1 Å². The molecule has 0 spiro atoms. The highest BCUT2D eigenvalue weighted by atomic mass is 35.5. The van der Waals surface area contributed by atoms with E-state index in [1.165, 1.54) is 12.1 Å². The van der Waals surface area contributed by atoms with Gasteiger partial charge in [-0.25, -0.2) is 4.79 Å². The van der Waals surface area contributed by atoms with Crippen LogP contribution in [0.2, 0.25) is 5.02 Å². The zero-order valence-corrected chi connectivity index (χ0v) is 13.3. The SMILES string of the molecule is O=C(Nc1cccc(OC(F)(F)F)c1)Nc1ccc(Cl)c(C(F)(F)F)c1. The molecule has 0 aromatic heterocycles. The Hall–Kier alpha value is -2.62. The highest BCUT2D eigenvalue weighted by Gasteiger charge is 2.33. The average molecular weight is 399 g/mol. The molecule has 11 heteroatoms. The summed E-state index contributed by atoms with van der Waals surface area (Å²) in [4.78, 5) is 11.8. The lowest BCUT2D eigenvalue weighted by Gasteiger charge is -2.13. The number of nitrogens with one attached hydrogen (secondary N) is 2. The zero-order valence-electron chi connectivity index (χ0n) is 12.5. The van der Waals surface area contributed by atoms with Crippen LogP contribution in [0.15, 0.2) is 42.5 Å².